The fourth-order valence-electron chi connectivity index (χ4n) is 2.13. The molecule has 0 rings (SSSR count). The van der Waals surface area contributed by atoms with Crippen LogP contribution in [0, 0.1) is 0 Å². The van der Waals surface area contributed by atoms with Crippen LogP contribution >= 0.6 is 0 Å². The molecular formula is C18H32. The fourth-order valence-corrected chi connectivity index (χ4v) is 2.13. The number of hydrogen-bond acceptors (Lipinski definition) is 0. The van der Waals surface area contributed by atoms with E-state index < -0.39 is 0 Å². The molecule has 104 valence electrons. The first kappa shape index (κ1) is 17.2. The Bertz CT molecular complexity index is 255. The van der Waals surface area contributed by atoms with Gasteiger partial charge in [-0.3, -0.25) is 0 Å². The molecule has 0 aliphatic rings. The average molecular weight is 248 g/mol. The molecule has 0 aromatic rings. The quantitative estimate of drug-likeness (QED) is 0.220. The first-order valence-electron chi connectivity index (χ1n) is 7.77. The summed E-state index contributed by atoms with van der Waals surface area (Å²) in [5, 5.41) is 0. The minimum absolute atomic E-state index is 1.15. The van der Waals surface area contributed by atoms with Gasteiger partial charge in [0, 0.05) is 0 Å². The molecule has 0 aliphatic heterocycles. The lowest BCUT2D eigenvalue weighted by atomic mass is 9.99. The van der Waals surface area contributed by atoms with Crippen LogP contribution in [0.5, 0.6) is 0 Å². The largest absolute Gasteiger partial charge is 0.103 e. The van der Waals surface area contributed by atoms with Gasteiger partial charge in [-0.2, -0.15) is 0 Å². The van der Waals surface area contributed by atoms with E-state index in [2.05, 4.69) is 39.5 Å². The minimum Gasteiger partial charge on any atom is -0.103 e. The lowest BCUT2D eigenvalue weighted by Crippen LogP contribution is -1.87. The highest BCUT2D eigenvalue weighted by Gasteiger charge is 1.98. The molecule has 0 fully saturated rings. The van der Waals surface area contributed by atoms with Gasteiger partial charge in [0.15, 0.2) is 0 Å². The maximum Gasteiger partial charge on any atom is -0.0282 e. The first-order chi connectivity index (χ1) is 8.78. The SMILES string of the molecule is C=CCCCCC(=CCC)C=C(CC)CCCC. The molecule has 0 atom stereocenters. The van der Waals surface area contributed by atoms with Crippen LogP contribution in [-0.4, -0.2) is 0 Å². The summed E-state index contributed by atoms with van der Waals surface area (Å²) in [4.78, 5) is 0. The van der Waals surface area contributed by atoms with Gasteiger partial charge in [0.25, 0.3) is 0 Å². The second kappa shape index (κ2) is 12.7. The van der Waals surface area contributed by atoms with E-state index in [1.165, 1.54) is 44.9 Å². The van der Waals surface area contributed by atoms with E-state index in [0.29, 0.717) is 0 Å². The van der Waals surface area contributed by atoms with Crippen LogP contribution in [0.3, 0.4) is 0 Å². The summed E-state index contributed by atoms with van der Waals surface area (Å²) in [6.45, 7) is 10.6. The Morgan fingerprint density at radius 2 is 1.78 bits per heavy atom. The van der Waals surface area contributed by atoms with E-state index in [4.69, 9.17) is 0 Å². The molecule has 0 heteroatoms. The Hall–Kier alpha value is -0.780. The van der Waals surface area contributed by atoms with Crippen molar-refractivity contribution < 1.29 is 0 Å². The first-order valence-corrected chi connectivity index (χ1v) is 7.77. The lowest BCUT2D eigenvalue weighted by Gasteiger charge is -2.07. The van der Waals surface area contributed by atoms with Crippen molar-refractivity contribution in [2.45, 2.75) is 78.6 Å². The van der Waals surface area contributed by atoms with Crippen LogP contribution in [0.2, 0.25) is 0 Å². The number of hydrogen-bond donors (Lipinski definition) is 0. The van der Waals surface area contributed by atoms with Crippen molar-refractivity contribution in [3.05, 3.63) is 36.0 Å². The van der Waals surface area contributed by atoms with Gasteiger partial charge in [-0.1, -0.05) is 56.6 Å². The summed E-state index contributed by atoms with van der Waals surface area (Å²) in [5.41, 5.74) is 3.18. The molecule has 0 saturated heterocycles. The average Bonchev–Trinajstić information content (AvgIpc) is 2.39. The zero-order valence-electron chi connectivity index (χ0n) is 12.8. The van der Waals surface area contributed by atoms with Gasteiger partial charge < -0.3 is 0 Å². The molecule has 0 radical (unpaired) electrons. The molecule has 0 unspecified atom stereocenters. The van der Waals surface area contributed by atoms with E-state index in [1.54, 1.807) is 11.1 Å². The topological polar surface area (TPSA) is 0 Å². The third-order valence-electron chi connectivity index (χ3n) is 3.29. The van der Waals surface area contributed by atoms with E-state index in [0.717, 1.165) is 12.8 Å². The third kappa shape index (κ3) is 9.27. The smallest absolute Gasteiger partial charge is 0.0282 e. The van der Waals surface area contributed by atoms with Crippen molar-refractivity contribution in [2.24, 2.45) is 0 Å². The van der Waals surface area contributed by atoms with Gasteiger partial charge in [0.05, 0.1) is 0 Å². The van der Waals surface area contributed by atoms with Gasteiger partial charge >= 0.3 is 0 Å². The Morgan fingerprint density at radius 1 is 1.00 bits per heavy atom. The summed E-state index contributed by atoms with van der Waals surface area (Å²) in [6, 6.07) is 0. The zero-order chi connectivity index (χ0) is 13.6. The monoisotopic (exact) mass is 248 g/mol. The predicted molar refractivity (Wildman–Crippen MR) is 84.9 cm³/mol. The van der Waals surface area contributed by atoms with Crippen molar-refractivity contribution in [3.63, 3.8) is 0 Å². The second-order valence-electron chi connectivity index (χ2n) is 4.98. The van der Waals surface area contributed by atoms with Crippen LogP contribution in [0.15, 0.2) is 36.0 Å². The number of allylic oxidation sites excluding steroid dienone is 5. The lowest BCUT2D eigenvalue weighted by molar-refractivity contribution is 0.740. The summed E-state index contributed by atoms with van der Waals surface area (Å²) < 4.78 is 0. The highest BCUT2D eigenvalue weighted by Crippen LogP contribution is 2.18. The summed E-state index contributed by atoms with van der Waals surface area (Å²) in [5.74, 6) is 0. The number of rotatable bonds is 11. The Morgan fingerprint density at radius 3 is 2.33 bits per heavy atom. The number of unbranched alkanes of at least 4 members (excludes halogenated alkanes) is 3. The van der Waals surface area contributed by atoms with E-state index >= 15 is 0 Å². The molecule has 18 heavy (non-hydrogen) atoms. The molecule has 0 aromatic heterocycles. The Kier molecular flexibility index (Phi) is 12.1. The second-order valence-corrected chi connectivity index (χ2v) is 4.98. The highest BCUT2D eigenvalue weighted by molar-refractivity contribution is 5.23. The summed E-state index contributed by atoms with van der Waals surface area (Å²) >= 11 is 0. The predicted octanol–water partition coefficient (Wildman–Crippen LogP) is 6.60. The molecule has 0 aromatic carbocycles. The Labute approximate surface area is 115 Å². The van der Waals surface area contributed by atoms with Crippen molar-refractivity contribution in [3.8, 4) is 0 Å². The summed E-state index contributed by atoms with van der Waals surface area (Å²) in [7, 11) is 0. The van der Waals surface area contributed by atoms with Crippen molar-refractivity contribution >= 4 is 0 Å². The van der Waals surface area contributed by atoms with Gasteiger partial charge in [0.1, 0.15) is 0 Å². The van der Waals surface area contributed by atoms with Gasteiger partial charge in [-0.05, 0) is 51.4 Å². The molecule has 0 nitrogen and oxygen atoms in total. The van der Waals surface area contributed by atoms with Gasteiger partial charge in [0.2, 0.25) is 0 Å². The fraction of sp³-hybridized carbons (Fsp3) is 0.667. The van der Waals surface area contributed by atoms with E-state index in [1.807, 2.05) is 6.08 Å². The highest BCUT2D eigenvalue weighted by atomic mass is 14.0. The van der Waals surface area contributed by atoms with E-state index in [9.17, 15) is 0 Å². The molecule has 0 saturated carbocycles. The van der Waals surface area contributed by atoms with Crippen LogP contribution in [0.4, 0.5) is 0 Å². The van der Waals surface area contributed by atoms with Crippen molar-refractivity contribution in [1.29, 1.82) is 0 Å². The van der Waals surface area contributed by atoms with Crippen LogP contribution < -0.4 is 0 Å². The normalized spacial score (nSPS) is 12.8. The molecule has 0 heterocycles. The molecular weight excluding hydrogens is 216 g/mol. The zero-order valence-corrected chi connectivity index (χ0v) is 12.8. The van der Waals surface area contributed by atoms with Gasteiger partial charge in [-0.15, -0.1) is 6.58 Å². The molecule has 0 bridgehead atoms. The molecule has 0 spiro atoms. The maximum absolute atomic E-state index is 3.78. The standard InChI is InChI=1S/C18H32/c1-5-9-11-12-15-18(13-7-3)16-17(8-4)14-10-6-2/h5,13,16H,1,6-12,14-15H2,2-4H3. The Balaban J connectivity index is 4.33. The van der Waals surface area contributed by atoms with Crippen LogP contribution in [0.25, 0.3) is 0 Å². The minimum atomic E-state index is 1.15. The molecule has 0 aliphatic carbocycles. The van der Waals surface area contributed by atoms with Crippen LogP contribution in [-0.2, 0) is 0 Å². The third-order valence-corrected chi connectivity index (χ3v) is 3.29. The maximum atomic E-state index is 3.78. The summed E-state index contributed by atoms with van der Waals surface area (Å²) in [6.07, 6.45) is 18.1. The molecule has 0 N–H and O–H groups in total. The van der Waals surface area contributed by atoms with Crippen molar-refractivity contribution in [1.82, 2.24) is 0 Å². The molecule has 0 amide bonds. The van der Waals surface area contributed by atoms with Crippen molar-refractivity contribution in [2.75, 3.05) is 0 Å². The van der Waals surface area contributed by atoms with Crippen LogP contribution in [0.1, 0.15) is 78.6 Å². The van der Waals surface area contributed by atoms with E-state index in [-0.39, 0.29) is 0 Å². The van der Waals surface area contributed by atoms with Gasteiger partial charge in [-0.25, -0.2) is 0 Å².